The van der Waals surface area contributed by atoms with E-state index in [2.05, 4.69) is 10.6 Å². The molecule has 2 aliphatic rings. The van der Waals surface area contributed by atoms with Gasteiger partial charge in [-0.15, -0.1) is 12.4 Å². The first-order chi connectivity index (χ1) is 12.0. The number of methoxy groups -OCH3 is 1. The topological polar surface area (TPSA) is 93.4 Å². The average Bonchev–Trinajstić information content (AvgIpc) is 2.55. The number of nitrogens with two attached hydrogens (primary N) is 1. The van der Waals surface area contributed by atoms with Crippen LogP contribution in [0.4, 0.5) is 11.4 Å². The second-order valence-corrected chi connectivity index (χ2v) is 7.28. The summed E-state index contributed by atoms with van der Waals surface area (Å²) in [4.78, 5) is 23.9. The zero-order valence-electron chi connectivity index (χ0n) is 15.3. The van der Waals surface area contributed by atoms with Gasteiger partial charge in [0, 0.05) is 30.6 Å². The van der Waals surface area contributed by atoms with Gasteiger partial charge in [0.25, 0.3) is 0 Å². The van der Waals surface area contributed by atoms with Crippen LogP contribution in [0.1, 0.15) is 39.0 Å². The molecule has 144 valence electrons. The highest BCUT2D eigenvalue weighted by molar-refractivity contribution is 5.94. The van der Waals surface area contributed by atoms with Gasteiger partial charge in [-0.05, 0) is 49.7 Å². The lowest BCUT2D eigenvalue weighted by atomic mass is 9.65. The minimum atomic E-state index is -0.167. The summed E-state index contributed by atoms with van der Waals surface area (Å²) < 4.78 is 5.31. The Morgan fingerprint density at radius 3 is 2.38 bits per heavy atom. The van der Waals surface area contributed by atoms with Crippen LogP contribution in [-0.4, -0.2) is 25.0 Å². The van der Waals surface area contributed by atoms with Gasteiger partial charge in [-0.2, -0.15) is 0 Å². The number of hydrogen-bond donors (Lipinski definition) is 3. The first-order valence-corrected chi connectivity index (χ1v) is 9.00. The Labute approximate surface area is 160 Å². The van der Waals surface area contributed by atoms with Crippen LogP contribution in [-0.2, 0) is 9.59 Å². The van der Waals surface area contributed by atoms with Crippen LogP contribution in [0.15, 0.2) is 18.2 Å². The third-order valence-electron chi connectivity index (χ3n) is 5.56. The van der Waals surface area contributed by atoms with Crippen LogP contribution in [0, 0.1) is 17.8 Å². The van der Waals surface area contributed by atoms with Gasteiger partial charge in [0.15, 0.2) is 0 Å². The van der Waals surface area contributed by atoms with E-state index in [-0.39, 0.29) is 36.2 Å². The van der Waals surface area contributed by atoms with Crippen molar-refractivity contribution in [1.29, 1.82) is 0 Å². The number of carbonyl (C=O) groups excluding carboxylic acids is 2. The van der Waals surface area contributed by atoms with E-state index >= 15 is 0 Å². The maximum atomic E-state index is 12.7. The third-order valence-corrected chi connectivity index (χ3v) is 5.56. The highest BCUT2D eigenvalue weighted by Crippen LogP contribution is 2.42. The highest BCUT2D eigenvalue weighted by Gasteiger charge is 2.40. The summed E-state index contributed by atoms with van der Waals surface area (Å²) in [5, 5.41) is 5.71. The minimum absolute atomic E-state index is 0. The number of benzene rings is 1. The van der Waals surface area contributed by atoms with E-state index in [0.717, 1.165) is 25.7 Å². The molecule has 0 aliphatic heterocycles. The van der Waals surface area contributed by atoms with Gasteiger partial charge in [0.1, 0.15) is 5.75 Å². The van der Waals surface area contributed by atoms with Gasteiger partial charge in [0.05, 0.1) is 12.8 Å². The molecule has 6 nitrogen and oxygen atoms in total. The van der Waals surface area contributed by atoms with Crippen LogP contribution >= 0.6 is 12.4 Å². The largest absolute Gasteiger partial charge is 0.494 e. The molecule has 26 heavy (non-hydrogen) atoms. The Balaban J connectivity index is 0.00000243. The predicted molar refractivity (Wildman–Crippen MR) is 105 cm³/mol. The monoisotopic (exact) mass is 381 g/mol. The molecule has 0 saturated heterocycles. The molecule has 2 bridgehead atoms. The lowest BCUT2D eigenvalue weighted by Crippen LogP contribution is -2.48. The summed E-state index contributed by atoms with van der Waals surface area (Å²) in [6, 6.07) is 5.51. The Bertz CT molecular complexity index is 653. The maximum Gasteiger partial charge on any atom is 0.227 e. The summed E-state index contributed by atoms with van der Waals surface area (Å²) in [7, 11) is 1.54. The molecule has 2 aliphatic carbocycles. The minimum Gasteiger partial charge on any atom is -0.494 e. The number of rotatable bonds is 4. The number of ether oxygens (including phenoxy) is 1. The number of halogens is 1. The summed E-state index contributed by atoms with van der Waals surface area (Å²) in [6.07, 6.45) is 5.27. The predicted octanol–water partition coefficient (Wildman–Crippen LogP) is 3.17. The fourth-order valence-electron chi connectivity index (χ4n) is 4.31. The van der Waals surface area contributed by atoms with E-state index in [1.54, 1.807) is 18.2 Å². The number of fused-ring (bicyclic) bond motifs is 2. The van der Waals surface area contributed by atoms with Crippen LogP contribution < -0.4 is 21.1 Å². The van der Waals surface area contributed by atoms with Gasteiger partial charge in [-0.25, -0.2) is 0 Å². The van der Waals surface area contributed by atoms with Crippen molar-refractivity contribution in [1.82, 2.24) is 0 Å². The van der Waals surface area contributed by atoms with E-state index in [1.165, 1.54) is 20.5 Å². The SMILES string of the molecule is COc1cc(NC(=O)C2CC3CCCC(C2)C3N)ccc1NC(C)=O.Cl. The first kappa shape index (κ1) is 20.5. The molecule has 2 unspecified atom stereocenters. The number of carbonyl (C=O) groups is 2. The average molecular weight is 382 g/mol. The fraction of sp³-hybridized carbons (Fsp3) is 0.579. The normalized spacial score (nSPS) is 27.0. The van der Waals surface area contributed by atoms with Crippen LogP contribution in [0.2, 0.25) is 0 Å². The Hall–Kier alpha value is -1.79. The van der Waals surface area contributed by atoms with Crippen LogP contribution in [0.5, 0.6) is 5.75 Å². The molecule has 3 rings (SSSR count). The molecule has 7 heteroatoms. The van der Waals surface area contributed by atoms with E-state index in [1.807, 2.05) is 0 Å². The maximum absolute atomic E-state index is 12.7. The second kappa shape index (κ2) is 8.73. The van der Waals surface area contributed by atoms with Crippen molar-refractivity contribution in [3.63, 3.8) is 0 Å². The zero-order chi connectivity index (χ0) is 18.0. The highest BCUT2D eigenvalue weighted by atomic mass is 35.5. The Kier molecular flexibility index (Phi) is 6.89. The van der Waals surface area contributed by atoms with Gasteiger partial charge in [-0.1, -0.05) is 6.42 Å². The molecule has 2 amide bonds. The lowest BCUT2D eigenvalue weighted by Gasteiger charge is -2.43. The molecule has 1 aromatic rings. The molecular formula is C19H28ClN3O3. The smallest absolute Gasteiger partial charge is 0.227 e. The summed E-state index contributed by atoms with van der Waals surface area (Å²) in [6.45, 7) is 1.44. The third kappa shape index (κ3) is 4.48. The van der Waals surface area contributed by atoms with Crippen molar-refractivity contribution in [2.75, 3.05) is 17.7 Å². The van der Waals surface area contributed by atoms with Crippen molar-refractivity contribution in [3.8, 4) is 5.75 Å². The molecule has 2 atom stereocenters. The Morgan fingerprint density at radius 2 is 1.81 bits per heavy atom. The second-order valence-electron chi connectivity index (χ2n) is 7.28. The number of nitrogens with one attached hydrogen (secondary N) is 2. The Morgan fingerprint density at radius 1 is 1.15 bits per heavy atom. The van der Waals surface area contributed by atoms with Gasteiger partial charge < -0.3 is 21.1 Å². The molecule has 0 radical (unpaired) electrons. The summed E-state index contributed by atoms with van der Waals surface area (Å²) in [5.41, 5.74) is 7.58. The quantitative estimate of drug-likeness (QED) is 0.746. The molecule has 0 spiro atoms. The van der Waals surface area contributed by atoms with Crippen molar-refractivity contribution in [3.05, 3.63) is 18.2 Å². The van der Waals surface area contributed by atoms with E-state index < -0.39 is 0 Å². The number of anilines is 2. The molecule has 4 N–H and O–H groups in total. The van der Waals surface area contributed by atoms with Gasteiger partial charge in [-0.3, -0.25) is 9.59 Å². The van der Waals surface area contributed by atoms with Crippen molar-refractivity contribution < 1.29 is 14.3 Å². The first-order valence-electron chi connectivity index (χ1n) is 9.00. The molecular weight excluding hydrogens is 354 g/mol. The summed E-state index contributed by atoms with van der Waals surface area (Å²) >= 11 is 0. The molecule has 0 heterocycles. The van der Waals surface area contributed by atoms with Gasteiger partial charge >= 0.3 is 0 Å². The van der Waals surface area contributed by atoms with E-state index in [4.69, 9.17) is 10.5 Å². The van der Waals surface area contributed by atoms with Crippen molar-refractivity contribution >= 4 is 35.6 Å². The van der Waals surface area contributed by atoms with Crippen molar-refractivity contribution in [2.45, 2.75) is 45.1 Å². The summed E-state index contributed by atoms with van der Waals surface area (Å²) in [5.74, 6) is 1.38. The van der Waals surface area contributed by atoms with E-state index in [0.29, 0.717) is 29.0 Å². The number of hydrogen-bond acceptors (Lipinski definition) is 4. The molecule has 1 aromatic carbocycles. The van der Waals surface area contributed by atoms with E-state index in [9.17, 15) is 9.59 Å². The van der Waals surface area contributed by atoms with Crippen molar-refractivity contribution in [2.24, 2.45) is 23.5 Å². The molecule has 2 fully saturated rings. The number of amides is 2. The molecule has 2 saturated carbocycles. The molecule has 0 aromatic heterocycles. The fourth-order valence-corrected chi connectivity index (χ4v) is 4.31. The zero-order valence-corrected chi connectivity index (χ0v) is 16.1. The lowest BCUT2D eigenvalue weighted by molar-refractivity contribution is -0.122. The van der Waals surface area contributed by atoms with Crippen LogP contribution in [0.25, 0.3) is 0 Å². The van der Waals surface area contributed by atoms with Gasteiger partial charge in [0.2, 0.25) is 11.8 Å². The standard InChI is InChI=1S/C19H27N3O3.ClH/c1-11(23)21-16-7-6-15(10-17(16)25-2)22-19(24)14-8-12-4-3-5-13(9-14)18(12)20;/h6-7,10,12-14,18H,3-5,8-9,20H2,1-2H3,(H,21,23)(H,22,24);1H. The van der Waals surface area contributed by atoms with Crippen LogP contribution in [0.3, 0.4) is 0 Å².